The molecule has 3 fully saturated rings. The Labute approximate surface area is 421 Å². The molecular formula is C69H74O. The molecule has 3 aliphatic rings. The molecule has 1 nitrogen and oxygen atoms in total. The fourth-order valence-electron chi connectivity index (χ4n) is 12.6. The molecule has 0 spiro atoms. The van der Waals surface area contributed by atoms with Crippen LogP contribution < -0.4 is 4.74 Å². The molecule has 0 N–H and O–H groups in total. The van der Waals surface area contributed by atoms with Gasteiger partial charge < -0.3 is 4.74 Å². The van der Waals surface area contributed by atoms with Crippen molar-refractivity contribution in [2.24, 2.45) is 0 Å². The first kappa shape index (κ1) is 47.6. The average molecular weight is 919 g/mol. The molecule has 0 aliphatic heterocycles. The monoisotopic (exact) mass is 919 g/mol. The third kappa shape index (κ3) is 11.2. The van der Waals surface area contributed by atoms with Crippen LogP contribution in [0.4, 0.5) is 0 Å². The van der Waals surface area contributed by atoms with E-state index in [4.69, 9.17) is 11.2 Å². The SMILES string of the molecule is C#Cc1ccc(OCCCCCCC(c2ccc(-c3ccc(C4CCCCC4)cc3)cc2)(c2ccc(-c3ccc(C4CCCCC4)cc3)cc2)c2ccc(-c3ccc(C4CCCCC4)cc3)cc2)cc1. The number of hydrogen-bond acceptors (Lipinski definition) is 1. The second kappa shape index (κ2) is 23.2. The molecule has 7 aromatic rings. The molecule has 0 unspecified atom stereocenters. The summed E-state index contributed by atoms with van der Waals surface area (Å²) in [6.45, 7) is 0.704. The minimum Gasteiger partial charge on any atom is -0.494 e. The van der Waals surface area contributed by atoms with Crippen LogP contribution >= 0.6 is 0 Å². The Balaban J connectivity index is 0.965. The second-order valence-electron chi connectivity index (χ2n) is 21.2. The molecule has 10 rings (SSSR count). The van der Waals surface area contributed by atoms with Gasteiger partial charge >= 0.3 is 0 Å². The predicted octanol–water partition coefficient (Wildman–Crippen LogP) is 19.2. The van der Waals surface area contributed by atoms with E-state index in [1.54, 1.807) is 0 Å². The summed E-state index contributed by atoms with van der Waals surface area (Å²) in [6.07, 6.45) is 31.2. The summed E-state index contributed by atoms with van der Waals surface area (Å²) in [5.74, 6) is 5.72. The average Bonchev–Trinajstić information content (AvgIpc) is 3.45. The van der Waals surface area contributed by atoms with Gasteiger partial charge in [-0.25, -0.2) is 0 Å². The third-order valence-corrected chi connectivity index (χ3v) is 16.8. The van der Waals surface area contributed by atoms with Crippen molar-refractivity contribution in [1.29, 1.82) is 0 Å². The summed E-state index contributed by atoms with van der Waals surface area (Å²) in [5, 5.41) is 0. The van der Waals surface area contributed by atoms with Crippen molar-refractivity contribution < 1.29 is 4.74 Å². The summed E-state index contributed by atoms with van der Waals surface area (Å²) in [4.78, 5) is 0. The van der Waals surface area contributed by atoms with Crippen LogP contribution in [0.25, 0.3) is 33.4 Å². The maximum Gasteiger partial charge on any atom is 0.119 e. The lowest BCUT2D eigenvalue weighted by molar-refractivity contribution is 0.303. The van der Waals surface area contributed by atoms with E-state index in [-0.39, 0.29) is 5.41 Å². The molecule has 1 heteroatoms. The van der Waals surface area contributed by atoms with Crippen LogP contribution in [-0.2, 0) is 5.41 Å². The van der Waals surface area contributed by atoms with Crippen molar-refractivity contribution in [2.45, 2.75) is 152 Å². The van der Waals surface area contributed by atoms with Gasteiger partial charge in [-0.1, -0.05) is 229 Å². The van der Waals surface area contributed by atoms with Gasteiger partial charge in [-0.3, -0.25) is 0 Å². The largest absolute Gasteiger partial charge is 0.494 e. The Morgan fingerprint density at radius 2 is 0.671 bits per heavy atom. The predicted molar refractivity (Wildman–Crippen MR) is 296 cm³/mol. The Kier molecular flexibility index (Phi) is 15.8. The summed E-state index contributed by atoms with van der Waals surface area (Å²) < 4.78 is 6.15. The number of rotatable bonds is 17. The first-order valence-electron chi connectivity index (χ1n) is 27.5. The van der Waals surface area contributed by atoms with Crippen molar-refractivity contribution in [1.82, 2.24) is 0 Å². The van der Waals surface area contributed by atoms with Gasteiger partial charge in [0.2, 0.25) is 0 Å². The van der Waals surface area contributed by atoms with Crippen LogP contribution in [-0.4, -0.2) is 6.61 Å². The van der Waals surface area contributed by atoms with E-state index >= 15 is 0 Å². The van der Waals surface area contributed by atoms with Crippen molar-refractivity contribution in [2.75, 3.05) is 6.61 Å². The van der Waals surface area contributed by atoms with Crippen LogP contribution in [0.5, 0.6) is 5.75 Å². The molecule has 0 saturated heterocycles. The first-order chi connectivity index (χ1) is 34.6. The van der Waals surface area contributed by atoms with Gasteiger partial charge in [-0.15, -0.1) is 6.42 Å². The molecule has 0 aromatic heterocycles. The number of benzene rings is 7. The molecule has 3 aliphatic carbocycles. The zero-order chi connectivity index (χ0) is 47.4. The van der Waals surface area contributed by atoms with Gasteiger partial charge in [0.25, 0.3) is 0 Å². The Bertz CT molecular complexity index is 2460. The van der Waals surface area contributed by atoms with E-state index in [2.05, 4.69) is 152 Å². The molecule has 356 valence electrons. The van der Waals surface area contributed by atoms with E-state index in [1.165, 1.54) is 163 Å². The minimum absolute atomic E-state index is 0.356. The fourth-order valence-corrected chi connectivity index (χ4v) is 12.6. The topological polar surface area (TPSA) is 9.23 Å². The standard InChI is InChI=1S/C69H74O/c1-2-52-22-48-68(49-23-52)70-51-15-4-3-14-50-69(65-42-36-62(37-43-65)59-30-24-56(25-31-59)53-16-8-5-9-17-53,66-44-38-63(39-45-66)60-32-26-57(27-33-60)54-18-10-6-11-19-54)67-46-40-64(41-47-67)61-34-28-58(29-35-61)55-20-12-7-13-21-55/h1,22-49,53-55H,3-21,50-51H2. The van der Waals surface area contributed by atoms with E-state index in [9.17, 15) is 0 Å². The van der Waals surface area contributed by atoms with Gasteiger partial charge in [0.1, 0.15) is 5.75 Å². The molecule has 3 saturated carbocycles. The van der Waals surface area contributed by atoms with Crippen molar-refractivity contribution >= 4 is 0 Å². The highest BCUT2D eigenvalue weighted by Gasteiger charge is 2.36. The minimum atomic E-state index is -0.356. The molecule has 0 bridgehead atoms. The summed E-state index contributed by atoms with van der Waals surface area (Å²) >= 11 is 0. The van der Waals surface area contributed by atoms with E-state index in [1.807, 2.05) is 24.3 Å². The van der Waals surface area contributed by atoms with Crippen LogP contribution in [0.3, 0.4) is 0 Å². The summed E-state index contributed by atoms with van der Waals surface area (Å²) in [5.41, 5.74) is 16.8. The summed E-state index contributed by atoms with van der Waals surface area (Å²) in [6, 6.07) is 65.5. The van der Waals surface area contributed by atoms with Crippen LogP contribution in [0.1, 0.15) is 185 Å². The number of terminal acetylenes is 1. The third-order valence-electron chi connectivity index (χ3n) is 16.8. The van der Waals surface area contributed by atoms with E-state index < -0.39 is 0 Å². The Morgan fingerprint density at radius 3 is 1.00 bits per heavy atom. The molecule has 0 atom stereocenters. The Hall–Kier alpha value is -6.10. The van der Waals surface area contributed by atoms with Crippen molar-refractivity contribution in [3.05, 3.63) is 209 Å². The Morgan fingerprint density at radius 1 is 0.357 bits per heavy atom. The zero-order valence-electron chi connectivity index (χ0n) is 41.7. The highest BCUT2D eigenvalue weighted by Crippen LogP contribution is 2.46. The lowest BCUT2D eigenvalue weighted by Gasteiger charge is -2.37. The number of hydrogen-bond donors (Lipinski definition) is 0. The van der Waals surface area contributed by atoms with Crippen molar-refractivity contribution in [3.8, 4) is 51.5 Å². The second-order valence-corrected chi connectivity index (χ2v) is 21.2. The number of unbranched alkanes of at least 4 members (excludes halogenated alkanes) is 3. The quantitative estimate of drug-likeness (QED) is 0.0502. The molecule has 0 radical (unpaired) electrons. The smallest absolute Gasteiger partial charge is 0.119 e. The molecule has 0 heterocycles. The lowest BCUT2D eigenvalue weighted by atomic mass is 9.66. The van der Waals surface area contributed by atoms with Gasteiger partial charge in [0, 0.05) is 11.0 Å². The summed E-state index contributed by atoms with van der Waals surface area (Å²) in [7, 11) is 0. The molecule has 0 amide bonds. The first-order valence-corrected chi connectivity index (χ1v) is 27.5. The zero-order valence-corrected chi connectivity index (χ0v) is 41.7. The van der Waals surface area contributed by atoms with Crippen LogP contribution in [0.15, 0.2) is 170 Å². The van der Waals surface area contributed by atoms with Gasteiger partial charge in [0.05, 0.1) is 6.61 Å². The van der Waals surface area contributed by atoms with Gasteiger partial charge in [-0.05, 0) is 160 Å². The van der Waals surface area contributed by atoms with Crippen LogP contribution in [0, 0.1) is 12.3 Å². The van der Waals surface area contributed by atoms with E-state index in [0.29, 0.717) is 24.4 Å². The highest BCUT2D eigenvalue weighted by molar-refractivity contribution is 5.69. The van der Waals surface area contributed by atoms with Gasteiger partial charge in [-0.2, -0.15) is 0 Å². The molecule has 7 aromatic carbocycles. The van der Waals surface area contributed by atoms with Gasteiger partial charge in [0.15, 0.2) is 0 Å². The van der Waals surface area contributed by atoms with Crippen molar-refractivity contribution in [3.63, 3.8) is 0 Å². The maximum absolute atomic E-state index is 6.15. The molecular weight excluding hydrogens is 845 g/mol. The van der Waals surface area contributed by atoms with E-state index in [0.717, 1.165) is 43.4 Å². The number of ether oxygens (including phenoxy) is 1. The lowest BCUT2D eigenvalue weighted by Crippen LogP contribution is -2.29. The normalized spacial score (nSPS) is 16.2. The fraction of sp³-hybridized carbons (Fsp3) is 0.362. The van der Waals surface area contributed by atoms with Crippen LogP contribution in [0.2, 0.25) is 0 Å². The molecule has 70 heavy (non-hydrogen) atoms. The maximum atomic E-state index is 6.15. The highest BCUT2D eigenvalue weighted by atomic mass is 16.5.